The topological polar surface area (TPSA) is 38.0 Å². The van der Waals surface area contributed by atoms with Crippen LogP contribution in [0.4, 0.5) is 0 Å². The fourth-order valence-corrected chi connectivity index (χ4v) is 4.13. The second-order valence-corrected chi connectivity index (χ2v) is 7.85. The van der Waals surface area contributed by atoms with Gasteiger partial charge in [-0.05, 0) is 68.1 Å². The minimum Gasteiger partial charge on any atom is -0.461 e. The van der Waals surface area contributed by atoms with Gasteiger partial charge in [0.15, 0.2) is 0 Å². The zero-order valence-electron chi connectivity index (χ0n) is 17.4. The van der Waals surface area contributed by atoms with Crippen LogP contribution in [0.2, 0.25) is 0 Å². The van der Waals surface area contributed by atoms with Gasteiger partial charge in [0.25, 0.3) is 0 Å². The number of hydrogen-bond donors (Lipinski definition) is 0. The molecular formula is C25H30N2O2. The van der Waals surface area contributed by atoms with Gasteiger partial charge >= 0.3 is 0 Å². The number of furan rings is 1. The van der Waals surface area contributed by atoms with Gasteiger partial charge in [-0.15, -0.1) is 0 Å². The van der Waals surface area contributed by atoms with Crippen molar-refractivity contribution in [2.75, 3.05) is 19.7 Å². The molecule has 29 heavy (non-hydrogen) atoms. The Morgan fingerprint density at radius 3 is 2.90 bits per heavy atom. The van der Waals surface area contributed by atoms with E-state index in [0.717, 1.165) is 30.7 Å². The summed E-state index contributed by atoms with van der Waals surface area (Å²) < 4.78 is 6.10. The maximum absolute atomic E-state index is 6.10. The molecule has 1 fully saturated rings. The average molecular weight is 391 g/mol. The zero-order chi connectivity index (χ0) is 20.1. The van der Waals surface area contributed by atoms with E-state index in [1.807, 2.05) is 13.1 Å². The maximum atomic E-state index is 6.10. The molecule has 0 radical (unpaired) electrons. The second-order valence-electron chi connectivity index (χ2n) is 7.85. The van der Waals surface area contributed by atoms with Gasteiger partial charge in [-0.3, -0.25) is 0 Å². The van der Waals surface area contributed by atoms with Gasteiger partial charge in [-0.1, -0.05) is 35.5 Å². The molecule has 0 spiro atoms. The number of benzene rings is 2. The van der Waals surface area contributed by atoms with Gasteiger partial charge in [0.05, 0.1) is 0 Å². The van der Waals surface area contributed by atoms with Crippen molar-refractivity contribution in [2.45, 2.75) is 45.6 Å². The molecule has 4 heteroatoms. The Labute approximate surface area is 173 Å². The second kappa shape index (κ2) is 9.27. The highest BCUT2D eigenvalue weighted by molar-refractivity contribution is 5.84. The highest BCUT2D eigenvalue weighted by Gasteiger charge is 2.20. The Balaban J connectivity index is 1.47. The molecule has 3 aromatic rings. The third-order valence-electron chi connectivity index (χ3n) is 5.77. The van der Waals surface area contributed by atoms with Crippen LogP contribution in [0.5, 0.6) is 0 Å². The maximum Gasteiger partial charge on any atom is 0.134 e. The molecule has 2 heterocycles. The standard InChI is InChI=1S/C25H30N2O2/c1-3-28-26-13-11-20-7-4-8-21(16-20)22-9-10-25-23(17-22)18-24(29-25)12-15-27-14-5-6-19(27)2/h4,7-10,13,16-19H,3,5-6,11-12,14-15H2,1-2H3/t19-/m1/s1. The number of oxime groups is 1. The SMILES string of the molecule is CCON=CCc1cccc(-c2ccc3oc(CCN4CCC[C@H]4C)cc3c2)c1. The highest BCUT2D eigenvalue weighted by Crippen LogP contribution is 2.28. The van der Waals surface area contributed by atoms with Crippen LogP contribution in [0.3, 0.4) is 0 Å². The minimum atomic E-state index is 0.598. The largest absolute Gasteiger partial charge is 0.461 e. The molecule has 1 aliphatic heterocycles. The molecule has 0 N–H and O–H groups in total. The van der Waals surface area contributed by atoms with E-state index in [-0.39, 0.29) is 0 Å². The molecule has 4 nitrogen and oxygen atoms in total. The lowest BCUT2D eigenvalue weighted by Crippen LogP contribution is -2.28. The molecule has 0 aliphatic carbocycles. The molecule has 1 aromatic heterocycles. The molecule has 2 aromatic carbocycles. The van der Waals surface area contributed by atoms with Crippen LogP contribution in [0, 0.1) is 0 Å². The summed E-state index contributed by atoms with van der Waals surface area (Å²) >= 11 is 0. The lowest BCUT2D eigenvalue weighted by molar-refractivity contribution is 0.160. The first-order valence-corrected chi connectivity index (χ1v) is 10.7. The predicted octanol–water partition coefficient (Wildman–Crippen LogP) is 5.69. The molecule has 152 valence electrons. The van der Waals surface area contributed by atoms with Crippen molar-refractivity contribution in [3.63, 3.8) is 0 Å². The quantitative estimate of drug-likeness (QED) is 0.366. The number of likely N-dealkylation sites (tertiary alicyclic amines) is 1. The summed E-state index contributed by atoms with van der Waals surface area (Å²) in [4.78, 5) is 7.60. The van der Waals surface area contributed by atoms with E-state index in [4.69, 9.17) is 9.25 Å². The lowest BCUT2D eigenvalue weighted by Gasteiger charge is -2.19. The number of fused-ring (bicyclic) bond motifs is 1. The summed E-state index contributed by atoms with van der Waals surface area (Å²) in [7, 11) is 0. The van der Waals surface area contributed by atoms with E-state index >= 15 is 0 Å². The van der Waals surface area contributed by atoms with E-state index < -0.39 is 0 Å². The summed E-state index contributed by atoms with van der Waals surface area (Å²) in [6, 6.07) is 18.0. The van der Waals surface area contributed by atoms with Gasteiger partial charge in [0.2, 0.25) is 0 Å². The van der Waals surface area contributed by atoms with Crippen molar-refractivity contribution in [3.8, 4) is 11.1 Å². The zero-order valence-corrected chi connectivity index (χ0v) is 17.4. The van der Waals surface area contributed by atoms with E-state index in [2.05, 4.69) is 65.5 Å². The van der Waals surface area contributed by atoms with Crippen molar-refractivity contribution in [2.24, 2.45) is 5.16 Å². The fraction of sp³-hybridized carbons (Fsp3) is 0.400. The Kier molecular flexibility index (Phi) is 6.30. The minimum absolute atomic E-state index is 0.598. The Bertz CT molecular complexity index is 976. The smallest absolute Gasteiger partial charge is 0.134 e. The normalized spacial score (nSPS) is 17.5. The Hall–Kier alpha value is -2.59. The van der Waals surface area contributed by atoms with Crippen molar-refractivity contribution >= 4 is 17.2 Å². The van der Waals surface area contributed by atoms with Crippen molar-refractivity contribution in [1.82, 2.24) is 4.90 Å². The molecule has 0 saturated carbocycles. The molecule has 4 rings (SSSR count). The first-order valence-electron chi connectivity index (χ1n) is 10.7. The van der Waals surface area contributed by atoms with Crippen LogP contribution >= 0.6 is 0 Å². The van der Waals surface area contributed by atoms with Crippen molar-refractivity contribution in [1.29, 1.82) is 0 Å². The molecule has 0 unspecified atom stereocenters. The predicted molar refractivity (Wildman–Crippen MR) is 119 cm³/mol. The molecular weight excluding hydrogens is 360 g/mol. The van der Waals surface area contributed by atoms with Gasteiger partial charge in [0, 0.05) is 37.0 Å². The molecule has 1 atom stereocenters. The first-order chi connectivity index (χ1) is 14.2. The summed E-state index contributed by atoms with van der Waals surface area (Å²) in [5.41, 5.74) is 4.61. The van der Waals surface area contributed by atoms with E-state index in [0.29, 0.717) is 12.6 Å². The summed E-state index contributed by atoms with van der Waals surface area (Å²) in [5.74, 6) is 1.08. The van der Waals surface area contributed by atoms with E-state index in [9.17, 15) is 0 Å². The van der Waals surface area contributed by atoms with Gasteiger partial charge < -0.3 is 14.2 Å². The van der Waals surface area contributed by atoms with E-state index in [1.54, 1.807) is 0 Å². The van der Waals surface area contributed by atoms with Crippen LogP contribution in [0.15, 0.2) is 58.1 Å². The van der Waals surface area contributed by atoms with Crippen molar-refractivity contribution < 1.29 is 9.25 Å². The van der Waals surface area contributed by atoms with Crippen LogP contribution in [-0.2, 0) is 17.7 Å². The summed E-state index contributed by atoms with van der Waals surface area (Å²) in [6.07, 6.45) is 6.19. The number of hydrogen-bond acceptors (Lipinski definition) is 4. The third-order valence-corrected chi connectivity index (χ3v) is 5.77. The number of rotatable bonds is 8. The van der Waals surface area contributed by atoms with E-state index in [1.165, 1.54) is 41.5 Å². The molecule has 0 bridgehead atoms. The van der Waals surface area contributed by atoms with Gasteiger partial charge in [-0.2, -0.15) is 0 Å². The van der Waals surface area contributed by atoms with Crippen LogP contribution < -0.4 is 0 Å². The fourth-order valence-electron chi connectivity index (χ4n) is 4.13. The van der Waals surface area contributed by atoms with Crippen LogP contribution in [0.1, 0.15) is 38.0 Å². The first kappa shape index (κ1) is 19.7. The summed E-state index contributed by atoms with van der Waals surface area (Å²) in [6.45, 7) is 7.16. The lowest BCUT2D eigenvalue weighted by atomic mass is 10.0. The highest BCUT2D eigenvalue weighted by atomic mass is 16.6. The van der Waals surface area contributed by atoms with Gasteiger partial charge in [-0.25, -0.2) is 0 Å². The van der Waals surface area contributed by atoms with Crippen LogP contribution in [-0.4, -0.2) is 36.9 Å². The third kappa shape index (κ3) is 4.88. The van der Waals surface area contributed by atoms with Gasteiger partial charge in [0.1, 0.15) is 18.0 Å². The summed E-state index contributed by atoms with van der Waals surface area (Å²) in [5, 5.41) is 5.12. The van der Waals surface area contributed by atoms with Crippen molar-refractivity contribution in [3.05, 3.63) is 59.9 Å². The molecule has 1 saturated heterocycles. The Morgan fingerprint density at radius 2 is 2.07 bits per heavy atom. The molecule has 0 amide bonds. The monoisotopic (exact) mass is 390 g/mol. The Morgan fingerprint density at radius 1 is 1.17 bits per heavy atom. The molecule has 1 aliphatic rings. The number of nitrogens with zero attached hydrogens (tertiary/aromatic N) is 2. The van der Waals surface area contributed by atoms with Crippen LogP contribution in [0.25, 0.3) is 22.1 Å². The average Bonchev–Trinajstić information content (AvgIpc) is 3.34.